The van der Waals surface area contributed by atoms with Gasteiger partial charge in [-0.3, -0.25) is 13.9 Å². The highest BCUT2D eigenvalue weighted by Gasteiger charge is 2.23. The van der Waals surface area contributed by atoms with E-state index in [0.29, 0.717) is 22.5 Å². The largest absolute Gasteiger partial charge is 0.368 e. The summed E-state index contributed by atoms with van der Waals surface area (Å²) >= 11 is 10.1. The third kappa shape index (κ3) is 4.81. The van der Waals surface area contributed by atoms with Gasteiger partial charge in [-0.15, -0.1) is 0 Å². The minimum Gasteiger partial charge on any atom is -0.368 e. The Morgan fingerprint density at radius 1 is 0.857 bits per heavy atom. The molecule has 1 aromatic heterocycles. The molecule has 0 bridgehead atoms. The molecule has 6 nitrogen and oxygen atoms in total. The zero-order valence-electron chi connectivity index (χ0n) is 19.5. The molecule has 4 aromatic rings. The predicted molar refractivity (Wildman–Crippen MR) is 146 cm³/mol. The minimum absolute atomic E-state index is 0.175. The molecule has 8 heteroatoms. The quantitative estimate of drug-likeness (QED) is 0.367. The maximum Gasteiger partial charge on any atom is 0.332 e. The molecule has 1 aliphatic heterocycles. The summed E-state index contributed by atoms with van der Waals surface area (Å²) in [4.78, 5) is 32.2. The molecular weight excluding hydrogens is 528 g/mol. The van der Waals surface area contributed by atoms with Crippen LogP contribution in [-0.4, -0.2) is 47.3 Å². The summed E-state index contributed by atoms with van der Waals surface area (Å²) in [5, 5.41) is 1.04. The van der Waals surface area contributed by atoms with Crippen LogP contribution in [0.3, 0.4) is 0 Å². The lowest BCUT2D eigenvalue weighted by molar-refractivity contribution is 0.313. The molecule has 0 saturated carbocycles. The van der Waals surface area contributed by atoms with Gasteiger partial charge in [0.25, 0.3) is 5.56 Å². The highest BCUT2D eigenvalue weighted by atomic mass is 79.9. The second kappa shape index (κ2) is 10.0. The van der Waals surface area contributed by atoms with Crippen LogP contribution in [0.5, 0.6) is 0 Å². The Hall–Kier alpha value is -2.87. The molecule has 0 aliphatic carbocycles. The Morgan fingerprint density at radius 2 is 1.54 bits per heavy atom. The van der Waals surface area contributed by atoms with Crippen LogP contribution in [0.25, 0.3) is 10.9 Å². The Kier molecular flexibility index (Phi) is 6.82. The Labute approximate surface area is 217 Å². The molecule has 1 saturated heterocycles. The van der Waals surface area contributed by atoms with Gasteiger partial charge in [0.1, 0.15) is 0 Å². The molecule has 0 atom stereocenters. The zero-order chi connectivity index (χ0) is 24.5. The van der Waals surface area contributed by atoms with Crippen molar-refractivity contribution >= 4 is 44.1 Å². The summed E-state index contributed by atoms with van der Waals surface area (Å²) < 4.78 is 3.88. The first kappa shape index (κ1) is 23.9. The molecule has 0 unspecified atom stereocenters. The smallest absolute Gasteiger partial charge is 0.332 e. The normalized spacial score (nSPS) is 14.5. The van der Waals surface area contributed by atoms with E-state index < -0.39 is 0 Å². The van der Waals surface area contributed by atoms with Crippen molar-refractivity contribution in [1.29, 1.82) is 0 Å². The van der Waals surface area contributed by atoms with Crippen molar-refractivity contribution in [2.45, 2.75) is 13.1 Å². The second-order valence-corrected chi connectivity index (χ2v) is 10.2. The van der Waals surface area contributed by atoms with Crippen LogP contribution >= 0.6 is 27.5 Å². The molecule has 1 fully saturated rings. The van der Waals surface area contributed by atoms with Gasteiger partial charge in [0.05, 0.1) is 29.7 Å². The van der Waals surface area contributed by atoms with Gasteiger partial charge in [-0.2, -0.15) is 0 Å². The molecule has 0 amide bonds. The van der Waals surface area contributed by atoms with Crippen LogP contribution in [0.2, 0.25) is 5.02 Å². The Morgan fingerprint density at radius 3 is 2.26 bits per heavy atom. The van der Waals surface area contributed by atoms with E-state index in [1.165, 1.54) is 4.57 Å². The number of rotatable bonds is 5. The molecule has 35 heavy (non-hydrogen) atoms. The van der Waals surface area contributed by atoms with Crippen molar-refractivity contribution in [3.05, 3.63) is 108 Å². The molecule has 3 aromatic carbocycles. The fourth-order valence-electron chi connectivity index (χ4n) is 4.63. The van der Waals surface area contributed by atoms with Gasteiger partial charge in [-0.25, -0.2) is 4.79 Å². The van der Waals surface area contributed by atoms with Crippen molar-refractivity contribution in [2.24, 2.45) is 0 Å². The van der Waals surface area contributed by atoms with Crippen molar-refractivity contribution in [1.82, 2.24) is 14.0 Å². The van der Waals surface area contributed by atoms with E-state index in [1.807, 2.05) is 60.7 Å². The van der Waals surface area contributed by atoms with Gasteiger partial charge >= 0.3 is 5.69 Å². The number of halogens is 2. The average Bonchev–Trinajstić information content (AvgIpc) is 2.86. The first-order chi connectivity index (χ1) is 16.9. The lowest BCUT2D eigenvalue weighted by atomic mass is 10.1. The number of anilines is 1. The van der Waals surface area contributed by atoms with Crippen molar-refractivity contribution < 1.29 is 0 Å². The summed E-state index contributed by atoms with van der Waals surface area (Å²) in [6, 6.07) is 21.1. The number of piperazine rings is 1. The van der Waals surface area contributed by atoms with E-state index in [-0.39, 0.29) is 17.8 Å². The van der Waals surface area contributed by atoms with Crippen LogP contribution in [-0.2, 0) is 13.1 Å². The van der Waals surface area contributed by atoms with Crippen molar-refractivity contribution in [2.75, 3.05) is 38.1 Å². The van der Waals surface area contributed by atoms with Crippen LogP contribution in [0.1, 0.15) is 11.1 Å². The topological polar surface area (TPSA) is 50.5 Å². The Balaban J connectivity index is 1.77. The lowest BCUT2D eigenvalue weighted by Crippen LogP contribution is -2.46. The monoisotopic (exact) mass is 552 g/mol. The van der Waals surface area contributed by atoms with Crippen LogP contribution in [0.4, 0.5) is 5.69 Å². The predicted octanol–water partition coefficient (Wildman–Crippen LogP) is 4.43. The van der Waals surface area contributed by atoms with Gasteiger partial charge in [0.15, 0.2) is 0 Å². The van der Waals surface area contributed by atoms with Gasteiger partial charge < -0.3 is 9.80 Å². The van der Waals surface area contributed by atoms with Crippen LogP contribution in [0, 0.1) is 0 Å². The summed E-state index contributed by atoms with van der Waals surface area (Å²) in [5.74, 6) is 0. The van der Waals surface area contributed by atoms with Crippen LogP contribution < -0.4 is 16.1 Å². The molecular formula is C27H26BrClN4O2. The maximum absolute atomic E-state index is 14.0. The first-order valence-electron chi connectivity index (χ1n) is 11.6. The molecule has 0 N–H and O–H groups in total. The molecule has 0 radical (unpaired) electrons. The SMILES string of the molecule is CN1CCN(c2cc(Cl)cc3c2c(=O)n(Cc2ccccc2Br)c(=O)n3Cc2ccccc2)CC1. The van der Waals surface area contributed by atoms with E-state index in [0.717, 1.165) is 47.5 Å². The molecule has 180 valence electrons. The molecule has 2 heterocycles. The van der Waals surface area contributed by atoms with E-state index in [9.17, 15) is 9.59 Å². The number of likely N-dealkylation sites (N-methyl/N-ethyl adjacent to an activating group) is 1. The Bertz CT molecular complexity index is 1490. The number of aromatic nitrogens is 2. The van der Waals surface area contributed by atoms with Gasteiger partial charge in [0.2, 0.25) is 0 Å². The second-order valence-electron chi connectivity index (χ2n) is 8.95. The standard InChI is InChI=1S/C27H26BrClN4O2/c1-30-11-13-31(14-12-30)23-15-21(29)16-24-25(23)26(34)33(18-20-9-5-6-10-22(20)28)27(35)32(24)17-19-7-3-2-4-8-19/h2-10,15-16H,11-14,17-18H2,1H3. The van der Waals surface area contributed by atoms with E-state index in [1.54, 1.807) is 10.6 Å². The number of benzene rings is 3. The van der Waals surface area contributed by atoms with Gasteiger partial charge in [-0.05, 0) is 36.4 Å². The summed E-state index contributed by atoms with van der Waals surface area (Å²) in [6.45, 7) is 3.87. The molecule has 5 rings (SSSR count). The first-order valence-corrected chi connectivity index (χ1v) is 12.8. The van der Waals surface area contributed by atoms with Crippen LogP contribution in [0.15, 0.2) is 80.8 Å². The van der Waals surface area contributed by atoms with Gasteiger partial charge in [-0.1, -0.05) is 76.1 Å². The van der Waals surface area contributed by atoms with E-state index in [4.69, 9.17) is 11.6 Å². The number of hydrogen-bond donors (Lipinski definition) is 0. The zero-order valence-corrected chi connectivity index (χ0v) is 21.8. The summed E-state index contributed by atoms with van der Waals surface area (Å²) in [6.07, 6.45) is 0. The fourth-order valence-corrected chi connectivity index (χ4v) is 5.25. The maximum atomic E-state index is 14.0. The third-order valence-electron chi connectivity index (χ3n) is 6.59. The number of hydrogen-bond acceptors (Lipinski definition) is 4. The van der Waals surface area contributed by atoms with Crippen molar-refractivity contribution in [3.8, 4) is 0 Å². The minimum atomic E-state index is -0.353. The average molecular weight is 554 g/mol. The summed E-state index contributed by atoms with van der Waals surface area (Å²) in [7, 11) is 2.09. The lowest BCUT2D eigenvalue weighted by Gasteiger charge is -2.34. The van der Waals surface area contributed by atoms with E-state index in [2.05, 4.69) is 32.8 Å². The highest BCUT2D eigenvalue weighted by Crippen LogP contribution is 2.29. The fraction of sp³-hybridized carbons (Fsp3) is 0.259. The third-order valence-corrected chi connectivity index (χ3v) is 7.58. The van der Waals surface area contributed by atoms with E-state index >= 15 is 0 Å². The number of fused-ring (bicyclic) bond motifs is 1. The molecule has 0 spiro atoms. The highest BCUT2D eigenvalue weighted by molar-refractivity contribution is 9.10. The number of nitrogens with zero attached hydrogens (tertiary/aromatic N) is 4. The van der Waals surface area contributed by atoms with Crippen molar-refractivity contribution in [3.63, 3.8) is 0 Å². The summed E-state index contributed by atoms with van der Waals surface area (Å²) in [5.41, 5.74) is 2.54. The van der Waals surface area contributed by atoms with Gasteiger partial charge in [0, 0.05) is 35.7 Å². The molecule has 1 aliphatic rings.